The molecular weight excluding hydrogens is 456 g/mol. The van der Waals surface area contributed by atoms with Gasteiger partial charge in [-0.3, -0.25) is 0 Å². The Hall–Kier alpha value is -2.90. The second-order valence-corrected chi connectivity index (χ2v) is 10.9. The Morgan fingerprint density at radius 1 is 0.944 bits per heavy atom. The molecule has 0 bridgehead atoms. The molecule has 36 heavy (non-hydrogen) atoms. The van der Waals surface area contributed by atoms with Crippen molar-refractivity contribution in [3.05, 3.63) is 57.6 Å². The predicted molar refractivity (Wildman–Crippen MR) is 139 cm³/mol. The molecule has 0 spiro atoms. The summed E-state index contributed by atoms with van der Waals surface area (Å²) in [5, 5.41) is 10.3. The summed E-state index contributed by atoms with van der Waals surface area (Å²) in [5.74, 6) is -1.02. The SMILES string of the molecule is Cc1ccc(-c2c(C)c3c(c(C)c2C(OC(C)(C)C)C(=O)O)CN(C(=O)N2CCCOCC2)C3)cc1. The number of urea groups is 1. The van der Waals surface area contributed by atoms with E-state index in [1.165, 1.54) is 0 Å². The van der Waals surface area contributed by atoms with E-state index in [9.17, 15) is 14.7 Å². The van der Waals surface area contributed by atoms with Crippen LogP contribution in [-0.2, 0) is 27.4 Å². The van der Waals surface area contributed by atoms with E-state index < -0.39 is 17.7 Å². The highest BCUT2D eigenvalue weighted by atomic mass is 16.5. The van der Waals surface area contributed by atoms with E-state index in [1.807, 2.05) is 75.6 Å². The number of carbonyl (C=O) groups is 2. The van der Waals surface area contributed by atoms with Crippen LogP contribution in [0.1, 0.15) is 66.7 Å². The summed E-state index contributed by atoms with van der Waals surface area (Å²) in [4.78, 5) is 29.8. The molecule has 1 atom stereocenters. The Kier molecular flexibility index (Phi) is 7.43. The lowest BCUT2D eigenvalue weighted by Gasteiger charge is -2.29. The minimum atomic E-state index is -1.13. The van der Waals surface area contributed by atoms with E-state index >= 15 is 0 Å². The normalized spacial score (nSPS) is 17.1. The molecule has 2 aromatic carbocycles. The maximum absolute atomic E-state index is 13.4. The maximum atomic E-state index is 13.4. The first-order valence-electron chi connectivity index (χ1n) is 12.7. The van der Waals surface area contributed by atoms with Gasteiger partial charge in [0.05, 0.1) is 12.2 Å². The van der Waals surface area contributed by atoms with Crippen molar-refractivity contribution in [2.75, 3.05) is 26.3 Å². The van der Waals surface area contributed by atoms with Gasteiger partial charge in [-0.25, -0.2) is 9.59 Å². The number of carboxylic acid groups (broad SMARTS) is 1. The quantitative estimate of drug-likeness (QED) is 0.618. The van der Waals surface area contributed by atoms with Crippen LogP contribution in [0, 0.1) is 20.8 Å². The molecule has 2 amide bonds. The summed E-state index contributed by atoms with van der Waals surface area (Å²) in [7, 11) is 0. The molecule has 2 aliphatic rings. The van der Waals surface area contributed by atoms with Crippen molar-refractivity contribution in [1.82, 2.24) is 9.80 Å². The van der Waals surface area contributed by atoms with Gasteiger partial charge in [-0.05, 0) is 81.3 Å². The second-order valence-electron chi connectivity index (χ2n) is 10.9. The zero-order valence-electron chi connectivity index (χ0n) is 22.3. The lowest BCUT2D eigenvalue weighted by molar-refractivity contribution is -0.160. The number of hydrogen-bond donors (Lipinski definition) is 1. The number of benzene rings is 2. The van der Waals surface area contributed by atoms with Crippen LogP contribution < -0.4 is 0 Å². The number of nitrogens with zero attached hydrogens (tertiary/aromatic N) is 2. The number of fused-ring (bicyclic) bond motifs is 1. The van der Waals surface area contributed by atoms with Gasteiger partial charge >= 0.3 is 12.0 Å². The van der Waals surface area contributed by atoms with Gasteiger partial charge in [-0.2, -0.15) is 0 Å². The van der Waals surface area contributed by atoms with Crippen molar-refractivity contribution >= 4 is 12.0 Å². The Morgan fingerprint density at radius 2 is 1.58 bits per heavy atom. The lowest BCUT2D eigenvalue weighted by atomic mass is 9.83. The van der Waals surface area contributed by atoms with Crippen molar-refractivity contribution in [2.24, 2.45) is 0 Å². The maximum Gasteiger partial charge on any atom is 0.337 e. The third-order valence-corrected chi connectivity index (χ3v) is 7.08. The summed E-state index contributed by atoms with van der Waals surface area (Å²) >= 11 is 0. The lowest BCUT2D eigenvalue weighted by Crippen LogP contribution is -2.41. The molecule has 4 rings (SSSR count). The fraction of sp³-hybridized carbons (Fsp3) is 0.517. The number of aliphatic carboxylic acids is 1. The standard InChI is InChI=1S/C29H38N2O5/c1-18-8-10-21(11-9-18)24-19(2)22-16-31(28(34)30-12-7-14-35-15-13-30)17-23(22)20(3)25(24)26(27(32)33)36-29(4,5)6/h8-11,26H,7,12-17H2,1-6H3,(H,32,33). The molecule has 0 radical (unpaired) electrons. The van der Waals surface area contributed by atoms with E-state index in [4.69, 9.17) is 9.47 Å². The van der Waals surface area contributed by atoms with E-state index in [1.54, 1.807) is 0 Å². The minimum absolute atomic E-state index is 0.00895. The van der Waals surface area contributed by atoms with Crippen LogP contribution in [0.5, 0.6) is 0 Å². The number of carboxylic acids is 1. The summed E-state index contributed by atoms with van der Waals surface area (Å²) in [6.07, 6.45) is -0.297. The Morgan fingerprint density at radius 3 is 2.19 bits per heavy atom. The van der Waals surface area contributed by atoms with Crippen LogP contribution in [0.2, 0.25) is 0 Å². The van der Waals surface area contributed by atoms with E-state index in [-0.39, 0.29) is 6.03 Å². The fourth-order valence-corrected chi connectivity index (χ4v) is 5.30. The highest BCUT2D eigenvalue weighted by Crippen LogP contribution is 2.43. The smallest absolute Gasteiger partial charge is 0.337 e. The zero-order chi connectivity index (χ0) is 26.2. The molecule has 1 N–H and O–H groups in total. The first-order chi connectivity index (χ1) is 17.0. The topological polar surface area (TPSA) is 79.3 Å². The molecule has 2 aliphatic heterocycles. The number of rotatable bonds is 4. The Labute approximate surface area is 214 Å². The van der Waals surface area contributed by atoms with Crippen LogP contribution in [-0.4, -0.2) is 58.8 Å². The molecule has 0 aromatic heterocycles. The molecule has 1 unspecified atom stereocenters. The number of amides is 2. The summed E-state index contributed by atoms with van der Waals surface area (Å²) in [6, 6.07) is 8.17. The van der Waals surface area contributed by atoms with Gasteiger partial charge in [-0.1, -0.05) is 29.8 Å². The molecule has 1 saturated heterocycles. The monoisotopic (exact) mass is 494 g/mol. The van der Waals surface area contributed by atoms with E-state index in [2.05, 4.69) is 0 Å². The molecule has 2 aromatic rings. The van der Waals surface area contributed by atoms with Crippen molar-refractivity contribution in [2.45, 2.75) is 72.8 Å². The van der Waals surface area contributed by atoms with Gasteiger partial charge < -0.3 is 24.4 Å². The molecule has 2 heterocycles. The second kappa shape index (κ2) is 10.2. The van der Waals surface area contributed by atoms with Crippen LogP contribution in [0.4, 0.5) is 4.79 Å². The number of ether oxygens (including phenoxy) is 2. The third kappa shape index (κ3) is 5.27. The van der Waals surface area contributed by atoms with Gasteiger partial charge in [0.25, 0.3) is 0 Å². The van der Waals surface area contributed by atoms with Gasteiger partial charge in [0.2, 0.25) is 0 Å². The highest BCUT2D eigenvalue weighted by molar-refractivity contribution is 5.85. The molecule has 0 saturated carbocycles. The molecule has 7 heteroatoms. The fourth-order valence-electron chi connectivity index (χ4n) is 5.30. The van der Waals surface area contributed by atoms with Gasteiger partial charge in [0, 0.05) is 38.3 Å². The van der Waals surface area contributed by atoms with Gasteiger partial charge in [-0.15, -0.1) is 0 Å². The third-order valence-electron chi connectivity index (χ3n) is 7.08. The summed E-state index contributed by atoms with van der Waals surface area (Å²) in [6.45, 7) is 15.1. The predicted octanol–water partition coefficient (Wildman–Crippen LogP) is 5.38. The van der Waals surface area contributed by atoms with Crippen LogP contribution in [0.15, 0.2) is 24.3 Å². The number of carbonyl (C=O) groups excluding carboxylic acids is 1. The minimum Gasteiger partial charge on any atom is -0.479 e. The molecular formula is C29H38N2O5. The largest absolute Gasteiger partial charge is 0.479 e. The van der Waals surface area contributed by atoms with Crippen LogP contribution in [0.3, 0.4) is 0 Å². The number of aryl methyl sites for hydroxylation is 1. The molecule has 194 valence electrons. The van der Waals surface area contributed by atoms with Gasteiger partial charge in [0.15, 0.2) is 6.10 Å². The van der Waals surface area contributed by atoms with Crippen LogP contribution in [0.25, 0.3) is 11.1 Å². The molecule has 0 aliphatic carbocycles. The van der Waals surface area contributed by atoms with Crippen molar-refractivity contribution in [3.8, 4) is 11.1 Å². The van der Waals surface area contributed by atoms with E-state index in [0.717, 1.165) is 45.4 Å². The van der Waals surface area contributed by atoms with Gasteiger partial charge in [0.1, 0.15) is 0 Å². The van der Waals surface area contributed by atoms with Crippen molar-refractivity contribution < 1.29 is 24.2 Å². The Bertz CT molecular complexity index is 1140. The summed E-state index contributed by atoms with van der Waals surface area (Å²) < 4.78 is 11.7. The van der Waals surface area contributed by atoms with Crippen LogP contribution >= 0.6 is 0 Å². The first kappa shape index (κ1) is 26.2. The average molecular weight is 495 g/mol. The zero-order valence-corrected chi connectivity index (χ0v) is 22.3. The summed E-state index contributed by atoms with van der Waals surface area (Å²) in [5.41, 5.74) is 7.03. The number of hydrogen-bond acceptors (Lipinski definition) is 4. The molecule has 7 nitrogen and oxygen atoms in total. The van der Waals surface area contributed by atoms with E-state index in [0.29, 0.717) is 45.0 Å². The van der Waals surface area contributed by atoms with Crippen molar-refractivity contribution in [3.63, 3.8) is 0 Å². The molecule has 1 fully saturated rings. The average Bonchev–Trinajstić information content (AvgIpc) is 3.09. The Balaban J connectivity index is 1.83. The van der Waals surface area contributed by atoms with Crippen molar-refractivity contribution in [1.29, 1.82) is 0 Å². The highest BCUT2D eigenvalue weighted by Gasteiger charge is 2.37. The first-order valence-corrected chi connectivity index (χ1v) is 12.7.